The van der Waals surface area contributed by atoms with E-state index in [9.17, 15) is 14.9 Å². The van der Waals surface area contributed by atoms with Crippen LogP contribution < -0.4 is 10.9 Å². The lowest BCUT2D eigenvalue weighted by molar-refractivity contribution is -0.119. The molecule has 6 nitrogen and oxygen atoms in total. The highest BCUT2D eigenvalue weighted by Crippen LogP contribution is 2.39. The van der Waals surface area contributed by atoms with Crippen LogP contribution in [0.4, 0.5) is 0 Å². The van der Waals surface area contributed by atoms with Crippen molar-refractivity contribution in [3.8, 4) is 11.8 Å². The van der Waals surface area contributed by atoms with Gasteiger partial charge < -0.3 is 5.32 Å². The minimum atomic E-state index is -0.834. The number of thiophene rings is 1. The van der Waals surface area contributed by atoms with Crippen molar-refractivity contribution in [1.29, 1.82) is 5.26 Å². The molecule has 1 aromatic carbocycles. The summed E-state index contributed by atoms with van der Waals surface area (Å²) in [5.41, 5.74) is 1.01. The summed E-state index contributed by atoms with van der Waals surface area (Å²) in [7, 11) is 0. The maximum atomic E-state index is 13.8. The quantitative estimate of drug-likeness (QED) is 0.317. The summed E-state index contributed by atoms with van der Waals surface area (Å²) in [4.78, 5) is 33.4. The summed E-state index contributed by atoms with van der Waals surface area (Å²) in [6.45, 7) is 1.79. The van der Waals surface area contributed by atoms with Gasteiger partial charge in [-0.25, -0.2) is 4.98 Å². The van der Waals surface area contributed by atoms with E-state index < -0.39 is 5.54 Å². The fourth-order valence-corrected chi connectivity index (χ4v) is 6.72. The molecule has 1 saturated carbocycles. The summed E-state index contributed by atoms with van der Waals surface area (Å²) in [6, 6.07) is 11.8. The highest BCUT2D eigenvalue weighted by molar-refractivity contribution is 7.99. The zero-order chi connectivity index (χ0) is 23.0. The summed E-state index contributed by atoms with van der Waals surface area (Å²) in [5.74, 6) is 0.0988. The first-order valence-corrected chi connectivity index (χ1v) is 13.3. The van der Waals surface area contributed by atoms with Crippen LogP contribution in [0.25, 0.3) is 15.9 Å². The Bertz CT molecular complexity index is 1300. The predicted molar refractivity (Wildman–Crippen MR) is 132 cm³/mol. The number of aryl methyl sites for hydroxylation is 2. The number of nitriles is 1. The Labute approximate surface area is 201 Å². The average molecular weight is 479 g/mol. The smallest absolute Gasteiger partial charge is 0.267 e. The Kier molecular flexibility index (Phi) is 6.02. The predicted octanol–water partition coefficient (Wildman–Crippen LogP) is 4.62. The molecule has 1 N–H and O–H groups in total. The Morgan fingerprint density at radius 2 is 2.03 bits per heavy atom. The number of fused-ring (bicyclic) bond motifs is 3. The third-order valence-corrected chi connectivity index (χ3v) is 8.70. The fraction of sp³-hybridized carbons (Fsp3) is 0.440. The molecule has 0 radical (unpaired) electrons. The molecule has 33 heavy (non-hydrogen) atoms. The van der Waals surface area contributed by atoms with Crippen molar-refractivity contribution in [2.45, 2.75) is 62.6 Å². The van der Waals surface area contributed by atoms with Gasteiger partial charge in [-0.3, -0.25) is 14.2 Å². The second kappa shape index (κ2) is 8.96. The van der Waals surface area contributed by atoms with Gasteiger partial charge in [-0.15, -0.1) is 11.3 Å². The molecule has 3 aromatic rings. The molecule has 0 bridgehead atoms. The lowest BCUT2D eigenvalue weighted by Gasteiger charge is -2.22. The zero-order valence-corrected chi connectivity index (χ0v) is 20.2. The van der Waals surface area contributed by atoms with Gasteiger partial charge in [-0.05, 0) is 69.1 Å². The van der Waals surface area contributed by atoms with Crippen LogP contribution >= 0.6 is 23.1 Å². The number of nitrogens with zero attached hydrogens (tertiary/aromatic N) is 3. The van der Waals surface area contributed by atoms with Crippen molar-refractivity contribution in [3.63, 3.8) is 0 Å². The number of carbonyl (C=O) groups is 1. The third-order valence-electron chi connectivity index (χ3n) is 6.58. The number of benzene rings is 1. The Morgan fingerprint density at radius 1 is 1.27 bits per heavy atom. The van der Waals surface area contributed by atoms with Crippen LogP contribution in [0.2, 0.25) is 0 Å². The van der Waals surface area contributed by atoms with Gasteiger partial charge in [0.15, 0.2) is 5.16 Å². The van der Waals surface area contributed by atoms with Crippen molar-refractivity contribution in [2.24, 2.45) is 5.92 Å². The first kappa shape index (κ1) is 22.2. The van der Waals surface area contributed by atoms with E-state index in [1.54, 1.807) is 22.8 Å². The third kappa shape index (κ3) is 4.32. The van der Waals surface area contributed by atoms with Crippen molar-refractivity contribution in [1.82, 2.24) is 14.9 Å². The standard InChI is InChI=1S/C25H26N4O2S2/c1-25(15-26,16-12-13-16)28-20(30)14-32-24-27-22-21(18-10-6-3-7-11-19(18)33-22)23(31)29(24)17-8-4-2-5-9-17/h2,4-5,8-9,16H,3,6-7,10-14H2,1H3,(H,28,30). The first-order valence-electron chi connectivity index (χ1n) is 11.5. The molecule has 2 heterocycles. The maximum absolute atomic E-state index is 13.8. The lowest BCUT2D eigenvalue weighted by atomic mass is 9.98. The van der Waals surface area contributed by atoms with Gasteiger partial charge in [0.1, 0.15) is 10.4 Å². The van der Waals surface area contributed by atoms with E-state index in [1.807, 2.05) is 30.3 Å². The van der Waals surface area contributed by atoms with E-state index in [0.717, 1.165) is 60.0 Å². The summed E-state index contributed by atoms with van der Waals surface area (Å²) < 4.78 is 1.64. The van der Waals surface area contributed by atoms with E-state index in [1.165, 1.54) is 23.1 Å². The SMILES string of the molecule is CC(C#N)(NC(=O)CSc1nc2sc3c(c2c(=O)n1-c1ccccc1)CCCCC3)C1CC1. The van der Waals surface area contributed by atoms with Crippen LogP contribution in [-0.4, -0.2) is 26.8 Å². The van der Waals surface area contributed by atoms with Gasteiger partial charge >= 0.3 is 0 Å². The van der Waals surface area contributed by atoms with Crippen LogP contribution in [0.15, 0.2) is 40.3 Å². The van der Waals surface area contributed by atoms with Gasteiger partial charge in [-0.2, -0.15) is 5.26 Å². The fourth-order valence-electron chi connectivity index (χ4n) is 4.60. The average Bonchev–Trinajstić information content (AvgIpc) is 3.64. The molecule has 2 aliphatic carbocycles. The normalized spacial score (nSPS) is 17.6. The molecule has 170 valence electrons. The van der Waals surface area contributed by atoms with Crippen LogP contribution in [0.5, 0.6) is 0 Å². The highest BCUT2D eigenvalue weighted by Gasteiger charge is 2.43. The molecule has 0 spiro atoms. The number of aromatic nitrogens is 2. The van der Waals surface area contributed by atoms with Crippen LogP contribution in [0.1, 0.15) is 49.5 Å². The van der Waals surface area contributed by atoms with Gasteiger partial charge in [0.2, 0.25) is 5.91 Å². The van der Waals surface area contributed by atoms with Crippen LogP contribution in [0, 0.1) is 17.2 Å². The zero-order valence-electron chi connectivity index (χ0n) is 18.6. The maximum Gasteiger partial charge on any atom is 0.267 e. The second-order valence-corrected chi connectivity index (χ2v) is 11.1. The molecule has 0 aliphatic heterocycles. The van der Waals surface area contributed by atoms with Gasteiger partial charge in [-0.1, -0.05) is 36.4 Å². The number of thioether (sulfide) groups is 1. The minimum Gasteiger partial charge on any atom is -0.337 e. The highest BCUT2D eigenvalue weighted by atomic mass is 32.2. The molecule has 1 fully saturated rings. The Balaban J connectivity index is 1.51. The lowest BCUT2D eigenvalue weighted by Crippen LogP contribution is -2.47. The summed E-state index contributed by atoms with van der Waals surface area (Å²) in [5, 5.41) is 13.7. The number of nitrogens with one attached hydrogen (secondary N) is 1. The Hall–Kier alpha value is -2.63. The molecule has 0 saturated heterocycles. The van der Waals surface area contributed by atoms with E-state index in [4.69, 9.17) is 4.98 Å². The molecular formula is C25H26N4O2S2. The molecule has 1 atom stereocenters. The topological polar surface area (TPSA) is 87.8 Å². The molecule has 1 amide bonds. The van der Waals surface area contributed by atoms with Crippen LogP contribution in [0.3, 0.4) is 0 Å². The summed E-state index contributed by atoms with van der Waals surface area (Å²) in [6.07, 6.45) is 7.28. The summed E-state index contributed by atoms with van der Waals surface area (Å²) >= 11 is 2.87. The van der Waals surface area contributed by atoms with Crippen molar-refractivity contribution >= 4 is 39.2 Å². The number of hydrogen-bond acceptors (Lipinski definition) is 6. The monoisotopic (exact) mass is 478 g/mol. The first-order chi connectivity index (χ1) is 16.0. The van der Waals surface area contributed by atoms with Gasteiger partial charge in [0.05, 0.1) is 22.9 Å². The van der Waals surface area contributed by atoms with E-state index in [2.05, 4.69) is 11.4 Å². The van der Waals surface area contributed by atoms with E-state index in [0.29, 0.717) is 5.16 Å². The molecule has 8 heteroatoms. The number of amides is 1. The molecule has 1 unspecified atom stereocenters. The molecule has 5 rings (SSSR count). The van der Waals surface area contributed by atoms with E-state index in [-0.39, 0.29) is 23.1 Å². The number of para-hydroxylation sites is 1. The largest absolute Gasteiger partial charge is 0.337 e. The number of hydrogen-bond donors (Lipinski definition) is 1. The molecular weight excluding hydrogens is 452 g/mol. The van der Waals surface area contributed by atoms with Gasteiger partial charge in [0, 0.05) is 4.88 Å². The van der Waals surface area contributed by atoms with Crippen molar-refractivity contribution in [3.05, 3.63) is 51.1 Å². The van der Waals surface area contributed by atoms with Gasteiger partial charge in [0.25, 0.3) is 5.56 Å². The van der Waals surface area contributed by atoms with Crippen molar-refractivity contribution in [2.75, 3.05) is 5.75 Å². The number of carbonyl (C=O) groups excluding carboxylic acids is 1. The second-order valence-electron chi connectivity index (χ2n) is 9.04. The minimum absolute atomic E-state index is 0.0617. The Morgan fingerprint density at radius 3 is 2.76 bits per heavy atom. The van der Waals surface area contributed by atoms with Crippen LogP contribution in [-0.2, 0) is 17.6 Å². The molecule has 2 aromatic heterocycles. The van der Waals surface area contributed by atoms with Crippen molar-refractivity contribution < 1.29 is 4.79 Å². The molecule has 2 aliphatic rings. The number of rotatable bonds is 6. The van der Waals surface area contributed by atoms with E-state index >= 15 is 0 Å².